The quantitative estimate of drug-likeness (QED) is 0.852. The van der Waals surface area contributed by atoms with E-state index in [4.69, 9.17) is 32.7 Å². The first kappa shape index (κ1) is 16.4. The summed E-state index contributed by atoms with van der Waals surface area (Å²) in [5.41, 5.74) is 0. The fourth-order valence-corrected chi connectivity index (χ4v) is 2.77. The molecule has 1 fully saturated rings. The molecule has 1 aliphatic heterocycles. The molecule has 0 spiro atoms. The highest BCUT2D eigenvalue weighted by Crippen LogP contribution is 2.32. The Morgan fingerprint density at radius 3 is 2.57 bits per heavy atom. The van der Waals surface area contributed by atoms with Gasteiger partial charge in [-0.15, -0.1) is 0 Å². The van der Waals surface area contributed by atoms with E-state index in [-0.39, 0.29) is 18.1 Å². The molecule has 0 aromatic heterocycles. The molecule has 1 saturated heterocycles. The van der Waals surface area contributed by atoms with Gasteiger partial charge in [0.25, 0.3) is 5.91 Å². The molecule has 0 saturated carbocycles. The Morgan fingerprint density at radius 2 is 1.95 bits per heavy atom. The second-order valence-corrected chi connectivity index (χ2v) is 6.10. The molecule has 1 aromatic carbocycles. The maximum absolute atomic E-state index is 12.5. The van der Waals surface area contributed by atoms with E-state index in [9.17, 15) is 4.79 Å². The topological polar surface area (TPSA) is 38.8 Å². The highest BCUT2D eigenvalue weighted by Gasteiger charge is 2.29. The number of amides is 1. The van der Waals surface area contributed by atoms with Crippen molar-refractivity contribution in [3.05, 3.63) is 28.2 Å². The van der Waals surface area contributed by atoms with Gasteiger partial charge in [-0.25, -0.2) is 0 Å². The van der Waals surface area contributed by atoms with Crippen LogP contribution in [0.15, 0.2) is 18.2 Å². The van der Waals surface area contributed by atoms with Crippen molar-refractivity contribution in [1.29, 1.82) is 0 Å². The summed E-state index contributed by atoms with van der Waals surface area (Å²) in [5.74, 6) is 0.340. The van der Waals surface area contributed by atoms with E-state index in [1.165, 1.54) is 0 Å². The fraction of sp³-hybridized carbons (Fsp3) is 0.533. The number of hydrogen-bond donors (Lipinski definition) is 0. The van der Waals surface area contributed by atoms with E-state index >= 15 is 0 Å². The summed E-state index contributed by atoms with van der Waals surface area (Å²) >= 11 is 12.0. The lowest BCUT2D eigenvalue weighted by Crippen LogP contribution is -2.51. The van der Waals surface area contributed by atoms with Gasteiger partial charge in [-0.1, -0.05) is 29.3 Å². The Bertz CT molecular complexity index is 514. The summed E-state index contributed by atoms with van der Waals surface area (Å²) in [5, 5.41) is 0.727. The van der Waals surface area contributed by atoms with Crippen molar-refractivity contribution in [2.45, 2.75) is 39.1 Å². The molecule has 2 rings (SSSR count). The number of rotatable bonds is 3. The molecule has 6 heteroatoms. The minimum Gasteiger partial charge on any atom is -0.479 e. The van der Waals surface area contributed by atoms with E-state index in [0.29, 0.717) is 28.9 Å². The van der Waals surface area contributed by atoms with Gasteiger partial charge in [-0.3, -0.25) is 4.79 Å². The van der Waals surface area contributed by atoms with Crippen LogP contribution in [0.25, 0.3) is 0 Å². The molecular weight excluding hydrogens is 313 g/mol. The summed E-state index contributed by atoms with van der Waals surface area (Å²) < 4.78 is 11.3. The number of nitrogens with zero attached hydrogens (tertiary/aromatic N) is 1. The van der Waals surface area contributed by atoms with E-state index in [2.05, 4.69) is 0 Å². The first-order chi connectivity index (χ1) is 9.88. The maximum Gasteiger partial charge on any atom is 0.263 e. The Hall–Kier alpha value is -0.970. The molecule has 0 N–H and O–H groups in total. The summed E-state index contributed by atoms with van der Waals surface area (Å²) in [7, 11) is 0. The molecule has 1 aliphatic rings. The maximum atomic E-state index is 12.5. The van der Waals surface area contributed by atoms with Gasteiger partial charge in [-0.2, -0.15) is 0 Å². The highest BCUT2D eigenvalue weighted by atomic mass is 35.5. The number of halogens is 2. The van der Waals surface area contributed by atoms with Crippen molar-refractivity contribution in [1.82, 2.24) is 4.90 Å². The number of benzene rings is 1. The molecule has 0 aliphatic carbocycles. The first-order valence-corrected chi connectivity index (χ1v) is 7.69. The van der Waals surface area contributed by atoms with Crippen molar-refractivity contribution in [2.75, 3.05) is 13.1 Å². The number of carbonyl (C=O) groups is 1. The number of carbonyl (C=O) groups excluding carboxylic acids is 1. The van der Waals surface area contributed by atoms with Crippen LogP contribution >= 0.6 is 23.2 Å². The van der Waals surface area contributed by atoms with Crippen LogP contribution in [0.1, 0.15) is 20.8 Å². The molecule has 116 valence electrons. The number of ether oxygens (including phenoxy) is 2. The largest absolute Gasteiger partial charge is 0.479 e. The Morgan fingerprint density at radius 1 is 1.33 bits per heavy atom. The molecule has 1 amide bonds. The van der Waals surface area contributed by atoms with Crippen molar-refractivity contribution < 1.29 is 14.3 Å². The summed E-state index contributed by atoms with van der Waals surface area (Å²) in [6.07, 6.45) is -0.571. The third-order valence-electron chi connectivity index (χ3n) is 3.30. The van der Waals surface area contributed by atoms with E-state index < -0.39 is 6.10 Å². The van der Waals surface area contributed by atoms with Crippen LogP contribution in [-0.4, -0.2) is 42.2 Å². The van der Waals surface area contributed by atoms with Crippen LogP contribution in [0, 0.1) is 0 Å². The lowest BCUT2D eigenvalue weighted by atomic mass is 10.2. The lowest BCUT2D eigenvalue weighted by molar-refractivity contribution is -0.149. The second kappa shape index (κ2) is 6.86. The van der Waals surface area contributed by atoms with Crippen molar-refractivity contribution in [3.8, 4) is 5.75 Å². The van der Waals surface area contributed by atoms with Crippen LogP contribution in [0.2, 0.25) is 10.0 Å². The standard InChI is InChI=1S/C15H19Cl2NO3/c1-9-7-18(8-10(2)20-9)15(19)11(3)21-13-6-4-5-12(16)14(13)17/h4-6,9-11H,7-8H2,1-3H3. The minimum atomic E-state index is -0.626. The third kappa shape index (κ3) is 4.02. The molecule has 4 nitrogen and oxygen atoms in total. The monoisotopic (exact) mass is 331 g/mol. The molecule has 1 heterocycles. The van der Waals surface area contributed by atoms with Crippen LogP contribution in [0.4, 0.5) is 0 Å². The number of morpholine rings is 1. The fourth-order valence-electron chi connectivity index (χ4n) is 2.43. The van der Waals surface area contributed by atoms with Crippen molar-refractivity contribution in [2.24, 2.45) is 0 Å². The Labute approximate surface area is 134 Å². The molecular formula is C15H19Cl2NO3. The second-order valence-electron chi connectivity index (χ2n) is 5.31. The molecule has 0 bridgehead atoms. The first-order valence-electron chi connectivity index (χ1n) is 6.93. The predicted octanol–water partition coefficient (Wildman–Crippen LogP) is 3.40. The minimum absolute atomic E-state index is 0.0275. The summed E-state index contributed by atoms with van der Waals surface area (Å²) in [4.78, 5) is 14.2. The van der Waals surface area contributed by atoms with Gasteiger partial charge in [-0.05, 0) is 32.9 Å². The van der Waals surface area contributed by atoms with E-state index in [1.807, 2.05) is 13.8 Å². The van der Waals surface area contributed by atoms with Crippen molar-refractivity contribution in [3.63, 3.8) is 0 Å². The molecule has 1 aromatic rings. The smallest absolute Gasteiger partial charge is 0.263 e. The van der Waals surface area contributed by atoms with Crippen LogP contribution in [0.5, 0.6) is 5.75 Å². The highest BCUT2D eigenvalue weighted by molar-refractivity contribution is 6.42. The summed E-state index contributed by atoms with van der Waals surface area (Å²) in [6.45, 7) is 6.76. The van der Waals surface area contributed by atoms with Gasteiger partial charge >= 0.3 is 0 Å². The molecule has 3 unspecified atom stereocenters. The van der Waals surface area contributed by atoms with Crippen LogP contribution in [0.3, 0.4) is 0 Å². The Balaban J connectivity index is 2.04. The zero-order valence-corrected chi connectivity index (χ0v) is 13.8. The molecule has 21 heavy (non-hydrogen) atoms. The van der Waals surface area contributed by atoms with Gasteiger partial charge in [0.1, 0.15) is 10.8 Å². The van der Waals surface area contributed by atoms with E-state index in [1.54, 1.807) is 30.0 Å². The van der Waals surface area contributed by atoms with Crippen LogP contribution < -0.4 is 4.74 Å². The number of hydrogen-bond acceptors (Lipinski definition) is 3. The summed E-state index contributed by atoms with van der Waals surface area (Å²) in [6, 6.07) is 5.11. The van der Waals surface area contributed by atoms with E-state index in [0.717, 1.165) is 0 Å². The zero-order chi connectivity index (χ0) is 15.6. The Kier molecular flexibility index (Phi) is 5.36. The average molecular weight is 332 g/mol. The lowest BCUT2D eigenvalue weighted by Gasteiger charge is -2.36. The molecule has 0 radical (unpaired) electrons. The van der Waals surface area contributed by atoms with Crippen LogP contribution in [-0.2, 0) is 9.53 Å². The normalized spacial score (nSPS) is 23.8. The predicted molar refractivity (Wildman–Crippen MR) is 83.1 cm³/mol. The van der Waals surface area contributed by atoms with Gasteiger partial charge in [0, 0.05) is 13.1 Å². The average Bonchev–Trinajstić information content (AvgIpc) is 2.42. The SMILES string of the molecule is CC1CN(C(=O)C(C)Oc2cccc(Cl)c2Cl)CC(C)O1. The van der Waals surface area contributed by atoms with Gasteiger partial charge in [0.15, 0.2) is 6.10 Å². The third-order valence-corrected chi connectivity index (χ3v) is 4.10. The van der Waals surface area contributed by atoms with Gasteiger partial charge < -0.3 is 14.4 Å². The molecule has 3 atom stereocenters. The van der Waals surface area contributed by atoms with Gasteiger partial charge in [0.05, 0.1) is 17.2 Å². The van der Waals surface area contributed by atoms with Gasteiger partial charge in [0.2, 0.25) is 0 Å². The zero-order valence-electron chi connectivity index (χ0n) is 12.3. The van der Waals surface area contributed by atoms with Crippen molar-refractivity contribution >= 4 is 29.1 Å².